The minimum absolute atomic E-state index is 0.179. The van der Waals surface area contributed by atoms with E-state index < -0.39 is 15.9 Å². The van der Waals surface area contributed by atoms with Gasteiger partial charge in [-0.2, -0.15) is 4.31 Å². The molecule has 5 nitrogen and oxygen atoms in total. The summed E-state index contributed by atoms with van der Waals surface area (Å²) in [4.78, 5) is 12.4. The Balaban J connectivity index is 2.19. The summed E-state index contributed by atoms with van der Waals surface area (Å²) in [6.45, 7) is 4.36. The minimum Gasteiger partial charge on any atom is -0.322 e. The Bertz CT molecular complexity index is 864. The number of amides is 1. The van der Waals surface area contributed by atoms with E-state index in [1.54, 1.807) is 19.9 Å². The maximum Gasteiger partial charge on any atom is 0.257 e. The molecule has 0 spiro atoms. The lowest BCUT2D eigenvalue weighted by Crippen LogP contribution is -2.30. The van der Waals surface area contributed by atoms with Crippen molar-refractivity contribution in [3.8, 4) is 0 Å². The number of carbonyl (C=O) groups excluding carboxylic acids is 1. The van der Waals surface area contributed by atoms with Gasteiger partial charge in [-0.1, -0.05) is 37.0 Å². The minimum atomic E-state index is -3.53. The molecule has 0 heterocycles. The average Bonchev–Trinajstić information content (AvgIpc) is 2.56. The number of nitrogens with zero attached hydrogens (tertiary/aromatic N) is 1. The lowest BCUT2D eigenvalue weighted by molar-refractivity contribution is 0.102. The van der Waals surface area contributed by atoms with Crippen LogP contribution in [0, 0.1) is 0 Å². The lowest BCUT2D eigenvalue weighted by Gasteiger charge is -2.18. The molecule has 0 saturated heterocycles. The van der Waals surface area contributed by atoms with Gasteiger partial charge in [-0.15, -0.1) is 0 Å². The fourth-order valence-corrected chi connectivity index (χ4v) is 4.25. The van der Waals surface area contributed by atoms with Crippen molar-refractivity contribution >= 4 is 44.8 Å². The fraction of sp³-hybridized carbons (Fsp3) is 0.235. The van der Waals surface area contributed by atoms with E-state index in [0.717, 1.165) is 0 Å². The number of carbonyl (C=O) groups is 1. The third-order valence-electron chi connectivity index (χ3n) is 3.63. The van der Waals surface area contributed by atoms with Crippen molar-refractivity contribution in [1.82, 2.24) is 4.31 Å². The smallest absolute Gasteiger partial charge is 0.257 e. The third-order valence-corrected chi connectivity index (χ3v) is 6.24. The van der Waals surface area contributed by atoms with E-state index in [1.807, 2.05) is 0 Å². The molecule has 25 heavy (non-hydrogen) atoms. The predicted octanol–water partition coefficient (Wildman–Crippen LogP) is 4.28. The van der Waals surface area contributed by atoms with Crippen LogP contribution in [0.3, 0.4) is 0 Å². The molecule has 134 valence electrons. The van der Waals surface area contributed by atoms with Crippen LogP contribution in [0.5, 0.6) is 0 Å². The van der Waals surface area contributed by atoms with Crippen molar-refractivity contribution in [3.05, 3.63) is 58.1 Å². The average molecular weight is 401 g/mol. The van der Waals surface area contributed by atoms with Crippen LogP contribution in [0.2, 0.25) is 10.0 Å². The summed E-state index contributed by atoms with van der Waals surface area (Å²) in [5.74, 6) is -0.402. The summed E-state index contributed by atoms with van der Waals surface area (Å²) in [6, 6.07) is 10.6. The Morgan fingerprint density at radius 3 is 2.16 bits per heavy atom. The summed E-state index contributed by atoms with van der Waals surface area (Å²) in [6.07, 6.45) is 0. The van der Waals surface area contributed by atoms with Gasteiger partial charge in [0.25, 0.3) is 5.91 Å². The van der Waals surface area contributed by atoms with Gasteiger partial charge in [-0.05, 0) is 42.5 Å². The maximum atomic E-state index is 12.4. The van der Waals surface area contributed by atoms with Crippen LogP contribution in [0.15, 0.2) is 47.4 Å². The Labute approximate surface area is 157 Å². The highest BCUT2D eigenvalue weighted by Gasteiger charge is 2.21. The van der Waals surface area contributed by atoms with E-state index in [0.29, 0.717) is 23.8 Å². The van der Waals surface area contributed by atoms with Gasteiger partial charge in [0.2, 0.25) is 10.0 Å². The first kappa shape index (κ1) is 19.7. The van der Waals surface area contributed by atoms with E-state index >= 15 is 0 Å². The zero-order chi connectivity index (χ0) is 18.6. The molecule has 1 N–H and O–H groups in total. The lowest BCUT2D eigenvalue weighted by atomic mass is 10.2. The van der Waals surface area contributed by atoms with Crippen molar-refractivity contribution in [3.63, 3.8) is 0 Å². The fourth-order valence-electron chi connectivity index (χ4n) is 2.29. The Morgan fingerprint density at radius 1 is 1.04 bits per heavy atom. The zero-order valence-electron chi connectivity index (χ0n) is 13.8. The molecule has 8 heteroatoms. The number of anilines is 1. The van der Waals surface area contributed by atoms with Crippen LogP contribution < -0.4 is 5.32 Å². The predicted molar refractivity (Wildman–Crippen MR) is 101 cm³/mol. The molecule has 0 fully saturated rings. The first-order chi connectivity index (χ1) is 11.8. The van der Waals surface area contributed by atoms with Gasteiger partial charge in [0, 0.05) is 23.8 Å². The van der Waals surface area contributed by atoms with Crippen molar-refractivity contribution in [2.75, 3.05) is 18.4 Å². The van der Waals surface area contributed by atoms with Crippen molar-refractivity contribution < 1.29 is 13.2 Å². The molecular weight excluding hydrogens is 383 g/mol. The van der Waals surface area contributed by atoms with Crippen LogP contribution in [-0.4, -0.2) is 31.7 Å². The normalized spacial score (nSPS) is 11.6. The van der Waals surface area contributed by atoms with Gasteiger partial charge in [0.1, 0.15) is 0 Å². The Hall–Kier alpha value is -1.60. The summed E-state index contributed by atoms with van der Waals surface area (Å²) in [5.41, 5.74) is 0.750. The van der Waals surface area contributed by atoms with Crippen LogP contribution in [-0.2, 0) is 10.0 Å². The van der Waals surface area contributed by atoms with E-state index in [2.05, 4.69) is 5.32 Å². The summed E-state index contributed by atoms with van der Waals surface area (Å²) >= 11 is 11.8. The van der Waals surface area contributed by atoms with Gasteiger partial charge in [-0.3, -0.25) is 4.79 Å². The van der Waals surface area contributed by atoms with Crippen LogP contribution in [0.25, 0.3) is 0 Å². The molecule has 1 amide bonds. The number of hydrogen-bond acceptors (Lipinski definition) is 3. The number of nitrogens with one attached hydrogen (secondary N) is 1. The second kappa shape index (κ2) is 8.19. The Morgan fingerprint density at radius 2 is 1.64 bits per heavy atom. The Kier molecular flexibility index (Phi) is 6.46. The molecule has 0 aromatic heterocycles. The topological polar surface area (TPSA) is 66.5 Å². The van der Waals surface area contributed by atoms with Crippen molar-refractivity contribution in [2.24, 2.45) is 0 Å². The van der Waals surface area contributed by atoms with Crippen LogP contribution in [0.1, 0.15) is 24.2 Å². The monoisotopic (exact) mass is 400 g/mol. The van der Waals surface area contributed by atoms with E-state index in [9.17, 15) is 13.2 Å². The highest BCUT2D eigenvalue weighted by Crippen LogP contribution is 2.23. The SMILES string of the molecule is CCN(CC)S(=O)(=O)c1ccc(NC(=O)c2ccc(Cl)cc2Cl)cc1. The molecule has 2 rings (SSSR count). The number of benzene rings is 2. The zero-order valence-corrected chi connectivity index (χ0v) is 16.1. The van der Waals surface area contributed by atoms with Gasteiger partial charge in [-0.25, -0.2) is 8.42 Å². The van der Waals surface area contributed by atoms with Crippen molar-refractivity contribution in [1.29, 1.82) is 0 Å². The number of rotatable bonds is 6. The van der Waals surface area contributed by atoms with Crippen LogP contribution in [0.4, 0.5) is 5.69 Å². The van der Waals surface area contributed by atoms with Crippen molar-refractivity contribution in [2.45, 2.75) is 18.7 Å². The summed E-state index contributed by atoms with van der Waals surface area (Å²) in [7, 11) is -3.53. The molecule has 0 atom stereocenters. The van der Waals surface area contributed by atoms with Gasteiger partial charge in [0.05, 0.1) is 15.5 Å². The molecule has 0 aliphatic carbocycles. The number of hydrogen-bond donors (Lipinski definition) is 1. The highest BCUT2D eigenvalue weighted by atomic mass is 35.5. The van der Waals surface area contributed by atoms with Gasteiger partial charge >= 0.3 is 0 Å². The second-order valence-corrected chi connectivity index (χ2v) is 7.97. The first-order valence-corrected chi connectivity index (χ1v) is 9.85. The standard InChI is InChI=1S/C17H18Cl2N2O3S/c1-3-21(4-2)25(23,24)14-8-6-13(7-9-14)20-17(22)15-10-5-12(18)11-16(15)19/h5-11H,3-4H2,1-2H3,(H,20,22). The summed E-state index contributed by atoms with van der Waals surface area (Å²) < 4.78 is 26.2. The van der Waals surface area contributed by atoms with Gasteiger partial charge < -0.3 is 5.32 Å². The highest BCUT2D eigenvalue weighted by molar-refractivity contribution is 7.89. The molecule has 0 aliphatic rings. The molecule has 0 bridgehead atoms. The quantitative estimate of drug-likeness (QED) is 0.786. The molecule has 2 aromatic carbocycles. The van der Waals surface area contributed by atoms with Crippen LogP contribution >= 0.6 is 23.2 Å². The first-order valence-electron chi connectivity index (χ1n) is 7.66. The number of sulfonamides is 1. The van der Waals surface area contributed by atoms with E-state index in [-0.39, 0.29) is 15.5 Å². The second-order valence-electron chi connectivity index (χ2n) is 5.19. The summed E-state index contributed by atoms with van der Waals surface area (Å²) in [5, 5.41) is 3.36. The molecule has 0 saturated carbocycles. The molecule has 2 aromatic rings. The molecule has 0 unspecified atom stereocenters. The van der Waals surface area contributed by atoms with E-state index in [4.69, 9.17) is 23.2 Å². The molecular formula is C17H18Cl2N2O3S. The molecule has 0 radical (unpaired) electrons. The van der Waals surface area contributed by atoms with E-state index in [1.165, 1.54) is 40.7 Å². The molecule has 0 aliphatic heterocycles. The maximum absolute atomic E-state index is 12.4. The largest absolute Gasteiger partial charge is 0.322 e. The third kappa shape index (κ3) is 4.52. The van der Waals surface area contributed by atoms with Gasteiger partial charge in [0.15, 0.2) is 0 Å². The number of halogens is 2.